The molecule has 6 saturated carbocycles. The number of rotatable bonds is 7. The summed E-state index contributed by atoms with van der Waals surface area (Å²) in [6.45, 7) is 22.4. The fourth-order valence-electron chi connectivity index (χ4n) is 14.1. The highest BCUT2D eigenvalue weighted by Crippen LogP contribution is 2.77. The zero-order valence-electron chi connectivity index (χ0n) is 32.2. The molecule has 7 heteroatoms. The van der Waals surface area contributed by atoms with Crippen LogP contribution in [0.25, 0.3) is 0 Å². The minimum absolute atomic E-state index is 0.0449. The van der Waals surface area contributed by atoms with Crippen molar-refractivity contribution < 1.29 is 18.7 Å². The number of hydrogen-bond acceptors (Lipinski definition) is 6. The van der Waals surface area contributed by atoms with Crippen LogP contribution in [0.15, 0.2) is 17.1 Å². The second-order valence-electron chi connectivity index (χ2n) is 19.4. The quantitative estimate of drug-likeness (QED) is 0.175. The molecular weight excluding hydrogens is 622 g/mol. The van der Waals surface area contributed by atoms with Crippen LogP contribution in [0.2, 0.25) is 0 Å². The first-order valence-electron chi connectivity index (χ1n) is 19.9. The van der Waals surface area contributed by atoms with Crippen molar-refractivity contribution in [1.29, 1.82) is 0 Å². The summed E-state index contributed by atoms with van der Waals surface area (Å²) in [5.41, 5.74) is -0.551. The normalized spacial score (nSPS) is 47.8. The van der Waals surface area contributed by atoms with Crippen LogP contribution >= 0.6 is 0 Å². The van der Waals surface area contributed by atoms with E-state index in [0.29, 0.717) is 41.4 Å². The second-order valence-corrected chi connectivity index (χ2v) is 19.4. The number of nitrogens with one attached hydrogen (secondary N) is 1. The van der Waals surface area contributed by atoms with Gasteiger partial charge in [-0.25, -0.2) is 0 Å². The van der Waals surface area contributed by atoms with Crippen LogP contribution in [-0.4, -0.2) is 34.2 Å². The average molecular weight is 686 g/mol. The van der Waals surface area contributed by atoms with Gasteiger partial charge in [-0.2, -0.15) is 0 Å². The summed E-state index contributed by atoms with van der Waals surface area (Å²) >= 11 is 0. The molecule has 1 aromatic heterocycles. The zero-order valence-corrected chi connectivity index (χ0v) is 32.2. The van der Waals surface area contributed by atoms with Crippen molar-refractivity contribution >= 4 is 11.9 Å². The number of aromatic nitrogens is 2. The Morgan fingerprint density at radius 1 is 0.980 bits per heavy atom. The van der Waals surface area contributed by atoms with Gasteiger partial charge in [-0.05, 0) is 123 Å². The van der Waals surface area contributed by atoms with Gasteiger partial charge in [0.15, 0.2) is 0 Å². The van der Waals surface area contributed by atoms with E-state index in [1.807, 2.05) is 0 Å². The number of nitrogens with zero attached hydrogens (tertiary/aromatic N) is 2. The van der Waals surface area contributed by atoms with Gasteiger partial charge in [0.05, 0.1) is 16.7 Å². The van der Waals surface area contributed by atoms with Crippen LogP contribution in [0, 0.1) is 74.4 Å². The molecule has 274 valence electrons. The number of fused-ring (bicyclic) bond motifs is 7. The molecule has 0 saturated heterocycles. The summed E-state index contributed by atoms with van der Waals surface area (Å²) in [5.74, 6) is 6.76. The first kappa shape index (κ1) is 35.8. The fourth-order valence-corrected chi connectivity index (χ4v) is 14.1. The predicted molar refractivity (Wildman–Crippen MR) is 194 cm³/mol. The van der Waals surface area contributed by atoms with Gasteiger partial charge in [-0.1, -0.05) is 60.0 Å². The SMILES string of the molecule is C#C[C@]1(C)[C@@H](c2nnc(CC(C)C)o2)C[C@H]1NC(=O)[C@]12CCCC1C1CC[C@@H]3C4(C)CCC(OC(C)=O)C(C)(C=C)C4CCC3(C)[C@]1(C)CC2. The van der Waals surface area contributed by atoms with Gasteiger partial charge in [0.1, 0.15) is 6.10 Å². The highest BCUT2D eigenvalue weighted by Gasteiger charge is 2.71. The largest absolute Gasteiger partial charge is 0.462 e. The Morgan fingerprint density at radius 2 is 1.74 bits per heavy atom. The van der Waals surface area contributed by atoms with E-state index in [1.54, 1.807) is 6.92 Å². The van der Waals surface area contributed by atoms with Crippen molar-refractivity contribution in [1.82, 2.24) is 15.5 Å². The summed E-state index contributed by atoms with van der Waals surface area (Å²) in [5, 5.41) is 12.2. The maximum absolute atomic E-state index is 14.7. The van der Waals surface area contributed by atoms with Crippen LogP contribution in [0.5, 0.6) is 0 Å². The number of carbonyl (C=O) groups is 2. The van der Waals surface area contributed by atoms with Crippen LogP contribution in [-0.2, 0) is 20.7 Å². The van der Waals surface area contributed by atoms with Crippen molar-refractivity contribution in [3.8, 4) is 12.3 Å². The van der Waals surface area contributed by atoms with Crippen molar-refractivity contribution in [2.24, 2.45) is 62.1 Å². The number of carbonyl (C=O) groups excluding carboxylic acids is 2. The number of terminal acetylenes is 1. The van der Waals surface area contributed by atoms with Crippen molar-refractivity contribution in [3.63, 3.8) is 0 Å². The monoisotopic (exact) mass is 685 g/mol. The standard InChI is InChI=1S/C43H63N3O4/c1-11-38(6)30(36-46-45-35(50-36)24-26(3)4)25-33(38)44-37(48)43-19-13-14-29(43)28-15-16-32-40(8)20-18-34(49-27(5)47)39(7,12-2)31(40)17-21-42(32,10)41(28,9)22-23-43/h1,12,26,28-34H,2,13-25H2,3-10H3,(H,44,48)/t28?,29?,30-,31?,32-,33-,34?,38-,39?,40?,41-,42?,43+/m1/s1. The van der Waals surface area contributed by atoms with Gasteiger partial charge in [0, 0.05) is 24.8 Å². The van der Waals surface area contributed by atoms with Crippen molar-refractivity contribution in [2.45, 2.75) is 157 Å². The number of esters is 1. The molecule has 13 atom stereocenters. The Hall–Kier alpha value is -2.62. The lowest BCUT2D eigenvalue weighted by atomic mass is 9.32. The van der Waals surface area contributed by atoms with E-state index in [1.165, 1.54) is 19.3 Å². The van der Waals surface area contributed by atoms with E-state index in [2.05, 4.69) is 82.6 Å². The van der Waals surface area contributed by atoms with Gasteiger partial charge in [-0.15, -0.1) is 23.2 Å². The summed E-state index contributed by atoms with van der Waals surface area (Å²) < 4.78 is 12.1. The minimum atomic E-state index is -0.556. The predicted octanol–water partition coefficient (Wildman–Crippen LogP) is 8.83. The zero-order chi connectivity index (χ0) is 36.1. The lowest BCUT2D eigenvalue weighted by Gasteiger charge is -2.72. The Balaban J connectivity index is 1.10. The molecule has 0 aliphatic heterocycles. The molecule has 1 amide bonds. The number of ether oxygens (including phenoxy) is 1. The van der Waals surface area contributed by atoms with Gasteiger partial charge in [0.25, 0.3) is 0 Å². The Morgan fingerprint density at radius 3 is 2.42 bits per heavy atom. The number of amides is 1. The molecule has 0 spiro atoms. The molecule has 1 heterocycles. The fraction of sp³-hybridized carbons (Fsp3) is 0.814. The van der Waals surface area contributed by atoms with Crippen LogP contribution in [0.1, 0.15) is 150 Å². The molecule has 50 heavy (non-hydrogen) atoms. The number of hydrogen-bond donors (Lipinski definition) is 1. The molecule has 7 unspecified atom stereocenters. The van der Waals surface area contributed by atoms with E-state index >= 15 is 0 Å². The average Bonchev–Trinajstić information content (AvgIpc) is 3.71. The molecule has 0 radical (unpaired) electrons. The van der Waals surface area contributed by atoms with Gasteiger partial charge in [-0.3, -0.25) is 9.59 Å². The highest BCUT2D eigenvalue weighted by atomic mass is 16.5. The van der Waals surface area contributed by atoms with Crippen molar-refractivity contribution in [2.75, 3.05) is 0 Å². The molecule has 1 aromatic rings. The van der Waals surface area contributed by atoms with Gasteiger partial charge in [0.2, 0.25) is 17.7 Å². The molecule has 6 aliphatic rings. The van der Waals surface area contributed by atoms with E-state index in [-0.39, 0.29) is 57.0 Å². The summed E-state index contributed by atoms with van der Waals surface area (Å²) in [6, 6.07) is -0.0980. The molecule has 0 bridgehead atoms. The van der Waals surface area contributed by atoms with Crippen molar-refractivity contribution in [3.05, 3.63) is 24.4 Å². The Bertz CT molecular complexity index is 1580. The maximum atomic E-state index is 14.7. The third kappa shape index (κ3) is 4.81. The highest BCUT2D eigenvalue weighted by molar-refractivity contribution is 5.84. The summed E-state index contributed by atoms with van der Waals surface area (Å²) in [6.07, 6.45) is 21.7. The molecule has 1 N–H and O–H groups in total. The Kier molecular flexibility index (Phi) is 8.55. The molecule has 6 fully saturated rings. The maximum Gasteiger partial charge on any atom is 0.302 e. The third-order valence-corrected chi connectivity index (χ3v) is 17.1. The molecule has 0 aromatic carbocycles. The molecule has 6 aliphatic carbocycles. The molecular formula is C43H63N3O4. The Labute approximate surface area is 301 Å². The third-order valence-electron chi connectivity index (χ3n) is 17.1. The van der Waals surface area contributed by atoms with Crippen LogP contribution in [0.4, 0.5) is 0 Å². The lowest BCUT2D eigenvalue weighted by Crippen LogP contribution is -2.68. The first-order valence-corrected chi connectivity index (χ1v) is 19.9. The second kappa shape index (κ2) is 12.0. The topological polar surface area (TPSA) is 94.3 Å². The van der Waals surface area contributed by atoms with E-state index in [9.17, 15) is 9.59 Å². The van der Waals surface area contributed by atoms with Gasteiger partial charge < -0.3 is 14.5 Å². The summed E-state index contributed by atoms with van der Waals surface area (Å²) in [7, 11) is 0. The smallest absolute Gasteiger partial charge is 0.302 e. The van der Waals surface area contributed by atoms with Crippen LogP contribution < -0.4 is 5.32 Å². The molecule has 7 rings (SSSR count). The minimum Gasteiger partial charge on any atom is -0.462 e. The van der Waals surface area contributed by atoms with E-state index in [0.717, 1.165) is 64.2 Å². The lowest BCUT2D eigenvalue weighted by molar-refractivity contribution is -0.243. The van der Waals surface area contributed by atoms with E-state index in [4.69, 9.17) is 15.6 Å². The first-order chi connectivity index (χ1) is 23.5. The van der Waals surface area contributed by atoms with Crippen LogP contribution in [0.3, 0.4) is 0 Å². The molecule has 7 nitrogen and oxygen atoms in total. The summed E-state index contributed by atoms with van der Waals surface area (Å²) in [4.78, 5) is 26.8. The van der Waals surface area contributed by atoms with E-state index < -0.39 is 5.41 Å². The van der Waals surface area contributed by atoms with Gasteiger partial charge >= 0.3 is 5.97 Å².